The van der Waals surface area contributed by atoms with E-state index in [0.29, 0.717) is 18.9 Å². The summed E-state index contributed by atoms with van der Waals surface area (Å²) < 4.78 is 4.95. The van der Waals surface area contributed by atoms with E-state index in [1.54, 1.807) is 7.11 Å². The molecule has 1 atom stereocenters. The lowest BCUT2D eigenvalue weighted by molar-refractivity contribution is -0.127. The number of rotatable bonds is 6. The number of Topliss-reactive ketones (excluding diaryl/α,β-unsaturated/α-hetero) is 1. The first-order chi connectivity index (χ1) is 6.16. The van der Waals surface area contributed by atoms with Crippen molar-refractivity contribution in [1.82, 2.24) is 0 Å². The van der Waals surface area contributed by atoms with Gasteiger partial charge in [-0.1, -0.05) is 6.92 Å². The van der Waals surface area contributed by atoms with Gasteiger partial charge in [0.25, 0.3) is 0 Å². The molecule has 0 aliphatic heterocycles. The van der Waals surface area contributed by atoms with Gasteiger partial charge in [0.05, 0.1) is 0 Å². The number of ether oxygens (including phenoxy) is 1. The fourth-order valence-electron chi connectivity index (χ4n) is 1.65. The van der Waals surface area contributed by atoms with E-state index in [2.05, 4.69) is 0 Å². The second-order valence-corrected chi connectivity index (χ2v) is 4.03. The minimum atomic E-state index is -0.146. The lowest BCUT2D eigenvalue weighted by Crippen LogP contribution is -2.30. The molecule has 0 amide bonds. The molecule has 1 fully saturated rings. The number of hydrogen-bond acceptors (Lipinski definition) is 3. The maximum atomic E-state index is 11.8. The van der Waals surface area contributed by atoms with Crippen LogP contribution in [0, 0.1) is 11.3 Å². The third-order valence-electron chi connectivity index (χ3n) is 2.97. The van der Waals surface area contributed by atoms with Gasteiger partial charge in [0.1, 0.15) is 5.78 Å². The zero-order valence-corrected chi connectivity index (χ0v) is 8.51. The Bertz CT molecular complexity index is 187. The predicted molar refractivity (Wildman–Crippen MR) is 51.4 cm³/mol. The lowest BCUT2D eigenvalue weighted by Gasteiger charge is -2.16. The summed E-state index contributed by atoms with van der Waals surface area (Å²) in [6.07, 6.45) is 2.79. The quantitative estimate of drug-likeness (QED) is 0.670. The zero-order chi connectivity index (χ0) is 9.90. The highest BCUT2D eigenvalue weighted by Crippen LogP contribution is 2.47. The summed E-state index contributed by atoms with van der Waals surface area (Å²) in [4.78, 5) is 11.8. The fourth-order valence-corrected chi connectivity index (χ4v) is 1.65. The molecule has 1 rings (SSSR count). The normalized spacial score (nSPS) is 21.2. The summed E-state index contributed by atoms with van der Waals surface area (Å²) in [6, 6.07) is 0. The Hall–Kier alpha value is -0.410. The largest absolute Gasteiger partial charge is 0.385 e. The third-order valence-corrected chi connectivity index (χ3v) is 2.97. The van der Waals surface area contributed by atoms with Crippen molar-refractivity contribution in [3.05, 3.63) is 0 Å². The SMILES string of the molecule is COCCC(C)C(=O)C1(CN)CC1. The number of hydrogen-bond donors (Lipinski definition) is 1. The van der Waals surface area contributed by atoms with Crippen LogP contribution in [0.1, 0.15) is 26.2 Å². The topological polar surface area (TPSA) is 52.3 Å². The second kappa shape index (κ2) is 4.20. The Balaban J connectivity index is 2.38. The highest BCUT2D eigenvalue weighted by molar-refractivity contribution is 5.89. The molecule has 0 spiro atoms. The van der Waals surface area contributed by atoms with E-state index in [1.165, 1.54) is 0 Å². The van der Waals surface area contributed by atoms with Crippen molar-refractivity contribution in [3.63, 3.8) is 0 Å². The number of carbonyl (C=O) groups is 1. The van der Waals surface area contributed by atoms with Crippen molar-refractivity contribution in [1.29, 1.82) is 0 Å². The average Bonchev–Trinajstić information content (AvgIpc) is 2.93. The molecule has 0 aromatic heterocycles. The van der Waals surface area contributed by atoms with E-state index in [0.717, 1.165) is 19.3 Å². The van der Waals surface area contributed by atoms with Gasteiger partial charge in [-0.25, -0.2) is 0 Å². The van der Waals surface area contributed by atoms with Crippen LogP contribution in [0.3, 0.4) is 0 Å². The van der Waals surface area contributed by atoms with E-state index in [9.17, 15) is 4.79 Å². The molecule has 0 heterocycles. The smallest absolute Gasteiger partial charge is 0.143 e. The minimum Gasteiger partial charge on any atom is -0.385 e. The third kappa shape index (κ3) is 2.29. The standard InChI is InChI=1S/C10H19NO2/c1-8(3-6-13-2)9(12)10(7-11)4-5-10/h8H,3-7,11H2,1-2H3. The highest BCUT2D eigenvalue weighted by Gasteiger charge is 2.49. The summed E-state index contributed by atoms with van der Waals surface area (Å²) in [5, 5.41) is 0. The van der Waals surface area contributed by atoms with Crippen molar-refractivity contribution in [2.45, 2.75) is 26.2 Å². The molecule has 1 saturated carbocycles. The number of methoxy groups -OCH3 is 1. The summed E-state index contributed by atoms with van der Waals surface area (Å²) in [6.45, 7) is 3.15. The van der Waals surface area contributed by atoms with Crippen molar-refractivity contribution in [2.24, 2.45) is 17.1 Å². The van der Waals surface area contributed by atoms with Crippen LogP contribution < -0.4 is 5.73 Å². The number of nitrogens with two attached hydrogens (primary N) is 1. The van der Waals surface area contributed by atoms with E-state index in [4.69, 9.17) is 10.5 Å². The van der Waals surface area contributed by atoms with Crippen molar-refractivity contribution < 1.29 is 9.53 Å². The molecule has 3 heteroatoms. The van der Waals surface area contributed by atoms with Crippen LogP contribution in [-0.2, 0) is 9.53 Å². The first-order valence-corrected chi connectivity index (χ1v) is 4.89. The van der Waals surface area contributed by atoms with Gasteiger partial charge in [-0.2, -0.15) is 0 Å². The average molecular weight is 185 g/mol. The molecule has 3 nitrogen and oxygen atoms in total. The first kappa shape index (κ1) is 10.7. The van der Waals surface area contributed by atoms with Crippen LogP contribution in [0.25, 0.3) is 0 Å². The van der Waals surface area contributed by atoms with E-state index in [-0.39, 0.29) is 11.3 Å². The Kier molecular flexibility index (Phi) is 3.45. The molecule has 76 valence electrons. The van der Waals surface area contributed by atoms with Crippen molar-refractivity contribution >= 4 is 5.78 Å². The molecule has 2 N–H and O–H groups in total. The van der Waals surface area contributed by atoms with Crippen LogP contribution in [0.2, 0.25) is 0 Å². The molecule has 0 radical (unpaired) electrons. The molecular formula is C10H19NO2. The summed E-state index contributed by atoms with van der Waals surface area (Å²) in [5.41, 5.74) is 5.44. The predicted octanol–water partition coefficient (Wildman–Crippen LogP) is 0.967. The number of ketones is 1. The van der Waals surface area contributed by atoms with Gasteiger partial charge in [0.15, 0.2) is 0 Å². The second-order valence-electron chi connectivity index (χ2n) is 4.03. The van der Waals surface area contributed by atoms with Gasteiger partial charge in [-0.15, -0.1) is 0 Å². The summed E-state index contributed by atoms with van der Waals surface area (Å²) in [5.74, 6) is 0.443. The van der Waals surface area contributed by atoms with Crippen LogP contribution in [0.15, 0.2) is 0 Å². The van der Waals surface area contributed by atoms with Gasteiger partial charge < -0.3 is 10.5 Å². The molecular weight excluding hydrogens is 166 g/mol. The van der Waals surface area contributed by atoms with E-state index >= 15 is 0 Å². The van der Waals surface area contributed by atoms with Gasteiger partial charge in [0, 0.05) is 31.6 Å². The first-order valence-electron chi connectivity index (χ1n) is 4.89. The molecule has 1 unspecified atom stereocenters. The monoisotopic (exact) mass is 185 g/mol. The molecule has 0 bridgehead atoms. The Labute approximate surface area is 79.6 Å². The Morgan fingerprint density at radius 2 is 2.23 bits per heavy atom. The zero-order valence-electron chi connectivity index (χ0n) is 8.51. The Morgan fingerprint density at radius 3 is 2.62 bits per heavy atom. The van der Waals surface area contributed by atoms with Crippen LogP contribution in [-0.4, -0.2) is 26.0 Å². The molecule has 1 aliphatic carbocycles. The maximum absolute atomic E-state index is 11.8. The van der Waals surface area contributed by atoms with Gasteiger partial charge in [-0.05, 0) is 19.3 Å². The summed E-state index contributed by atoms with van der Waals surface area (Å²) in [7, 11) is 1.66. The molecule has 0 saturated heterocycles. The molecule has 13 heavy (non-hydrogen) atoms. The van der Waals surface area contributed by atoms with Gasteiger partial charge >= 0.3 is 0 Å². The fraction of sp³-hybridized carbons (Fsp3) is 0.900. The van der Waals surface area contributed by atoms with Gasteiger partial charge in [0.2, 0.25) is 0 Å². The van der Waals surface area contributed by atoms with Crippen molar-refractivity contribution in [2.75, 3.05) is 20.3 Å². The molecule has 0 aromatic rings. The number of carbonyl (C=O) groups excluding carboxylic acids is 1. The van der Waals surface area contributed by atoms with Crippen LogP contribution in [0.4, 0.5) is 0 Å². The lowest BCUT2D eigenvalue weighted by atomic mass is 9.89. The van der Waals surface area contributed by atoms with Crippen LogP contribution in [0.5, 0.6) is 0 Å². The minimum absolute atomic E-state index is 0.103. The highest BCUT2D eigenvalue weighted by atomic mass is 16.5. The van der Waals surface area contributed by atoms with Gasteiger partial charge in [-0.3, -0.25) is 4.79 Å². The molecule has 0 aromatic carbocycles. The van der Waals surface area contributed by atoms with E-state index < -0.39 is 0 Å². The maximum Gasteiger partial charge on any atom is 0.143 e. The summed E-state index contributed by atoms with van der Waals surface area (Å²) >= 11 is 0. The van der Waals surface area contributed by atoms with E-state index in [1.807, 2.05) is 6.92 Å². The molecule has 1 aliphatic rings. The van der Waals surface area contributed by atoms with Crippen LogP contribution >= 0.6 is 0 Å². The van der Waals surface area contributed by atoms with Crippen molar-refractivity contribution in [3.8, 4) is 0 Å². The Morgan fingerprint density at radius 1 is 1.62 bits per heavy atom.